The second-order valence-corrected chi connectivity index (χ2v) is 13.7. The molecule has 332 valence electrons. The van der Waals surface area contributed by atoms with Gasteiger partial charge in [0.15, 0.2) is 0 Å². The van der Waals surface area contributed by atoms with Crippen molar-refractivity contribution in [3.63, 3.8) is 0 Å². The van der Waals surface area contributed by atoms with Crippen molar-refractivity contribution in [3.05, 3.63) is 69.7 Å². The van der Waals surface area contributed by atoms with Crippen LogP contribution in [-0.4, -0.2) is 77.1 Å². The van der Waals surface area contributed by atoms with Crippen LogP contribution in [-0.2, 0) is 43.0 Å². The summed E-state index contributed by atoms with van der Waals surface area (Å²) in [5, 5.41) is 29.5. The number of nitrogens with two attached hydrogens (primary N) is 1. The molecule has 15 nitrogen and oxygen atoms in total. The smallest absolute Gasteiger partial charge is 0.410 e. The number of halogens is 2. The van der Waals surface area contributed by atoms with Crippen molar-refractivity contribution < 1.29 is 63.1 Å². The van der Waals surface area contributed by atoms with E-state index in [0.29, 0.717) is 16.6 Å². The molecule has 0 heterocycles. The van der Waals surface area contributed by atoms with Gasteiger partial charge in [0.05, 0.1) is 24.7 Å². The molecule has 3 atom stereocenters. The highest BCUT2D eigenvalue weighted by molar-refractivity contribution is 6.30. The molecule has 0 aromatic heterocycles. The fourth-order valence-corrected chi connectivity index (χ4v) is 3.69. The Balaban J connectivity index is -0.000000182. The van der Waals surface area contributed by atoms with Gasteiger partial charge in [0.25, 0.3) is 6.29 Å². The number of hydrogen-bond acceptors (Lipinski definition) is 11. The molecular weight excluding hydrogens is 799 g/mol. The first kappa shape index (κ1) is 65.0. The van der Waals surface area contributed by atoms with E-state index in [0.717, 1.165) is 17.4 Å². The van der Waals surface area contributed by atoms with Crippen molar-refractivity contribution in [2.24, 2.45) is 29.4 Å². The summed E-state index contributed by atoms with van der Waals surface area (Å²) in [6, 6.07) is 13.8. The van der Waals surface area contributed by atoms with Crippen LogP contribution in [0.3, 0.4) is 0 Å². The minimum absolute atomic E-state index is 0. The number of nitrogens with one attached hydrogen (secondary N) is 1. The van der Waals surface area contributed by atoms with Crippen molar-refractivity contribution in [1.82, 2.24) is 5.32 Å². The molecule has 0 aliphatic rings. The Bertz CT molecular complexity index is 1460. The molecule has 0 spiro atoms. The minimum Gasteiger partial charge on any atom is -0.481 e. The number of alkyl carbamates (subject to hydrolysis) is 1. The van der Waals surface area contributed by atoms with Crippen molar-refractivity contribution in [1.29, 1.82) is 0 Å². The van der Waals surface area contributed by atoms with Crippen molar-refractivity contribution in [2.75, 3.05) is 13.1 Å². The van der Waals surface area contributed by atoms with Crippen molar-refractivity contribution >= 4 is 65.6 Å². The van der Waals surface area contributed by atoms with Gasteiger partial charge < -0.3 is 40.6 Å². The summed E-state index contributed by atoms with van der Waals surface area (Å²) < 4.78 is 10.4. The average molecular weight is 866 g/mol. The van der Waals surface area contributed by atoms with Gasteiger partial charge in [0.1, 0.15) is 6.29 Å². The Morgan fingerprint density at radius 2 is 1.05 bits per heavy atom. The molecule has 0 aliphatic carbocycles. The van der Waals surface area contributed by atoms with Crippen LogP contribution in [0.25, 0.3) is 0 Å². The van der Waals surface area contributed by atoms with Gasteiger partial charge in [-0.2, -0.15) is 9.59 Å². The number of carboxylic acids is 3. The minimum atomic E-state index is -1.02. The van der Waals surface area contributed by atoms with Gasteiger partial charge in [-0.05, 0) is 41.9 Å². The first-order valence-electron chi connectivity index (χ1n) is 17.0. The van der Waals surface area contributed by atoms with Crippen molar-refractivity contribution in [3.8, 4) is 0 Å². The molecule has 6 N–H and O–H groups in total. The molecule has 58 heavy (non-hydrogen) atoms. The summed E-state index contributed by atoms with van der Waals surface area (Å²) in [5.41, 5.74) is 7.14. The first-order valence-corrected chi connectivity index (χ1v) is 17.8. The Kier molecular flexibility index (Phi) is 42.3. The summed E-state index contributed by atoms with van der Waals surface area (Å²) in [5.74, 6) is -4.23. The third kappa shape index (κ3) is 35.6. The summed E-state index contributed by atoms with van der Waals surface area (Å²) in [6.45, 7) is 14.2. The van der Waals surface area contributed by atoms with E-state index in [4.69, 9.17) is 63.3 Å². The molecule has 0 fully saturated rings. The third-order valence-corrected chi connectivity index (χ3v) is 7.04. The molecule has 2 aromatic rings. The molecule has 0 unspecified atom stereocenters. The van der Waals surface area contributed by atoms with Crippen LogP contribution in [0, 0.1) is 23.7 Å². The highest BCUT2D eigenvalue weighted by Gasteiger charge is 2.25. The normalized spacial score (nSPS) is 10.9. The molecule has 2 rings (SSSR count). The number of esters is 1. The number of benzene rings is 2. The molecule has 0 aliphatic heterocycles. The van der Waals surface area contributed by atoms with Gasteiger partial charge in [-0.1, -0.05) is 125 Å². The topological polar surface area (TPSA) is 254 Å². The molecule has 17 heteroatoms. The van der Waals surface area contributed by atoms with E-state index in [9.17, 15) is 28.8 Å². The van der Waals surface area contributed by atoms with E-state index in [2.05, 4.69) is 5.32 Å². The predicted molar refractivity (Wildman–Crippen MR) is 225 cm³/mol. The Morgan fingerprint density at radius 1 is 0.707 bits per heavy atom. The number of amides is 1. The van der Waals surface area contributed by atoms with E-state index in [1.54, 1.807) is 77.9 Å². The van der Waals surface area contributed by atoms with Crippen LogP contribution in [0.15, 0.2) is 48.5 Å². The van der Waals surface area contributed by atoms with Crippen LogP contribution < -0.4 is 11.1 Å². The monoisotopic (exact) mass is 864 g/mol. The first-order chi connectivity index (χ1) is 25.6. The van der Waals surface area contributed by atoms with Crippen LogP contribution in [0.1, 0.15) is 113 Å². The number of carbonyl (C=O) groups is 6. The fourth-order valence-electron chi connectivity index (χ4n) is 3.44. The zero-order chi connectivity index (χ0) is 43.3. The molecule has 0 saturated heterocycles. The lowest BCUT2D eigenvalue weighted by Gasteiger charge is -2.23. The summed E-state index contributed by atoms with van der Waals surface area (Å²) in [6.07, 6.45) is -0.751. The van der Waals surface area contributed by atoms with Crippen LogP contribution >= 0.6 is 23.2 Å². The van der Waals surface area contributed by atoms with Gasteiger partial charge in [-0.25, -0.2) is 4.79 Å². The zero-order valence-corrected chi connectivity index (χ0v) is 33.8. The fraction of sp³-hybridized carbons (Fsp3) is 0.537. The van der Waals surface area contributed by atoms with E-state index < -0.39 is 42.2 Å². The van der Waals surface area contributed by atoms with E-state index in [-0.39, 0.29) is 77.4 Å². The van der Waals surface area contributed by atoms with E-state index in [1.807, 2.05) is 26.0 Å². The van der Waals surface area contributed by atoms with E-state index >= 15 is 0 Å². The van der Waals surface area contributed by atoms with Crippen LogP contribution in [0.5, 0.6) is 0 Å². The number of aliphatic carboxylic acids is 3. The maximum Gasteiger partial charge on any atom is 0.410 e. The highest BCUT2D eigenvalue weighted by atomic mass is 35.5. The maximum absolute atomic E-state index is 12.1. The predicted octanol–water partition coefficient (Wildman–Crippen LogP) is 8.56. The molecule has 2 aromatic carbocycles. The number of carboxylic acid groups (broad SMARTS) is 3. The van der Waals surface area contributed by atoms with Crippen LogP contribution in [0.2, 0.25) is 10.0 Å². The number of aldehydes is 1. The lowest BCUT2D eigenvalue weighted by molar-refractivity contribution is -0.192. The zero-order valence-electron chi connectivity index (χ0n) is 32.3. The average Bonchev–Trinajstić information content (AvgIpc) is 3.10. The third-order valence-electron chi connectivity index (χ3n) is 6.54. The van der Waals surface area contributed by atoms with Gasteiger partial charge in [0, 0.05) is 40.3 Å². The quantitative estimate of drug-likeness (QED) is 0.0639. The lowest BCUT2D eigenvalue weighted by Crippen LogP contribution is -2.37. The number of rotatable bonds is 15. The highest BCUT2D eigenvalue weighted by Crippen LogP contribution is 2.22. The van der Waals surface area contributed by atoms with Crippen molar-refractivity contribution in [2.45, 2.75) is 109 Å². The summed E-state index contributed by atoms with van der Waals surface area (Å²) >= 11 is 11.6. The Morgan fingerprint density at radius 3 is 1.33 bits per heavy atom. The summed E-state index contributed by atoms with van der Waals surface area (Å²) in [7, 11) is 0. The van der Waals surface area contributed by atoms with E-state index in [1.165, 1.54) is 0 Å². The van der Waals surface area contributed by atoms with Gasteiger partial charge in [-0.3, -0.25) is 19.2 Å². The SMILES string of the molecule is C.C.C.CC(C)C(=O)O.CC(C)C(=O)O[C@H](OC(=O)NC[C@H](CC(=O)O)c1ccc(Cl)cc1)C(C)C.CC(C)C=O.NC[C@H](CC(=O)O)c1ccc(Cl)cc1.O=C=O. The van der Waals surface area contributed by atoms with Gasteiger partial charge >= 0.3 is 36.1 Å². The molecular formula is C41H66Cl2N2O13. The Labute approximate surface area is 354 Å². The number of hydrogen-bond donors (Lipinski definition) is 5. The standard InChI is InChI=1S/C19H26ClNO6.C10H12ClNO2.C4H8O2.C4H8O.CO2.3CH4/c1-11(2)17(24)26-18(12(3)4)27-19(25)21-10-14(9-16(22)23)13-5-7-15(20)8-6-13;11-9-3-1-7(2-4-9)8(6-12)5-10(13)14;1-3(2)4(5)6;1-4(2)3-5;2-1-3;;;/h5-8,11-12,14,18H,9-10H2,1-4H3,(H,21,25)(H,22,23);1-4,8H,5-6,12H2,(H,13,14);3H,1-2H3,(H,5,6);3-4H,1-2H3;;3*1H4/t14-,18+;8-;;;;;;/m00....../s1. The van der Waals surface area contributed by atoms with Crippen LogP contribution in [0.4, 0.5) is 4.79 Å². The molecule has 0 bridgehead atoms. The van der Waals surface area contributed by atoms with Gasteiger partial charge in [-0.15, -0.1) is 0 Å². The maximum atomic E-state index is 12.1. The van der Waals surface area contributed by atoms with Gasteiger partial charge in [0.2, 0.25) is 0 Å². The Hall–Kier alpha value is -4.82. The lowest BCUT2D eigenvalue weighted by atomic mass is 9.96. The summed E-state index contributed by atoms with van der Waals surface area (Å²) in [4.78, 5) is 80.9. The second-order valence-electron chi connectivity index (χ2n) is 12.9. The molecule has 1 amide bonds. The number of ether oxygens (including phenoxy) is 2. The molecule has 0 saturated carbocycles. The molecule has 0 radical (unpaired) electrons. The number of carbonyl (C=O) groups excluding carboxylic acids is 5. The second kappa shape index (κ2) is 37.7. The largest absolute Gasteiger partial charge is 0.481 e.